The van der Waals surface area contributed by atoms with Crippen molar-refractivity contribution in [3.63, 3.8) is 0 Å². The lowest BCUT2D eigenvalue weighted by atomic mass is 10.1. The van der Waals surface area contributed by atoms with Crippen molar-refractivity contribution >= 4 is 23.4 Å². The molecule has 0 saturated heterocycles. The molecule has 3 aromatic rings. The van der Waals surface area contributed by atoms with Crippen LogP contribution in [0, 0.1) is 31.0 Å². The number of hydrogen-bond donors (Lipinski definition) is 1. The van der Waals surface area contributed by atoms with E-state index in [2.05, 4.69) is 16.3 Å². The van der Waals surface area contributed by atoms with Gasteiger partial charge in [-0.15, -0.1) is 10.2 Å². The molecule has 0 radical (unpaired) electrons. The van der Waals surface area contributed by atoms with E-state index in [0.717, 1.165) is 28.6 Å². The molecule has 0 atom stereocenters. The zero-order valence-electron chi connectivity index (χ0n) is 16.7. The number of rotatable bonds is 7. The minimum absolute atomic E-state index is 0.0805. The van der Waals surface area contributed by atoms with Crippen molar-refractivity contribution in [2.75, 3.05) is 23.0 Å². The van der Waals surface area contributed by atoms with Gasteiger partial charge in [0, 0.05) is 17.8 Å². The van der Waals surface area contributed by atoms with Crippen LogP contribution in [0.3, 0.4) is 0 Å². The largest absolute Gasteiger partial charge is 0.335 e. The van der Waals surface area contributed by atoms with Crippen molar-refractivity contribution < 1.29 is 9.18 Å². The quantitative estimate of drug-likeness (QED) is 0.460. The number of carbonyl (C=O) groups excluding carboxylic acids is 1. The normalized spacial score (nSPS) is 10.6. The molecule has 1 heterocycles. The molecule has 7 nitrogen and oxygen atoms in total. The van der Waals surface area contributed by atoms with Crippen LogP contribution in [0.5, 0.6) is 0 Å². The van der Waals surface area contributed by atoms with Crippen LogP contribution in [0.4, 0.5) is 10.1 Å². The zero-order chi connectivity index (χ0) is 21.7. The third kappa shape index (κ3) is 4.78. The summed E-state index contributed by atoms with van der Waals surface area (Å²) in [5, 5.41) is 17.4. The van der Waals surface area contributed by atoms with Gasteiger partial charge in [-0.25, -0.2) is 9.07 Å². The maximum absolute atomic E-state index is 13.1. The highest BCUT2D eigenvalue weighted by molar-refractivity contribution is 7.99. The number of nitrogen functional groups attached to an aromatic ring is 1. The Labute approximate surface area is 178 Å². The van der Waals surface area contributed by atoms with Gasteiger partial charge in [0.25, 0.3) is 0 Å². The van der Waals surface area contributed by atoms with Crippen LogP contribution in [0.15, 0.2) is 47.6 Å². The Hall–Kier alpha value is -3.38. The minimum atomic E-state index is -0.356. The van der Waals surface area contributed by atoms with E-state index in [4.69, 9.17) is 11.1 Å². The van der Waals surface area contributed by atoms with E-state index >= 15 is 0 Å². The van der Waals surface area contributed by atoms with E-state index in [1.165, 1.54) is 16.8 Å². The number of nitrogens with two attached hydrogens (primary N) is 1. The van der Waals surface area contributed by atoms with Gasteiger partial charge in [-0.2, -0.15) is 5.26 Å². The molecule has 154 valence electrons. The summed E-state index contributed by atoms with van der Waals surface area (Å²) in [6.45, 7) is 4.28. The maximum Gasteiger partial charge on any atom is 0.237 e. The number of aryl methyl sites for hydroxylation is 2. The summed E-state index contributed by atoms with van der Waals surface area (Å²) in [5.74, 6) is 6.01. The molecule has 2 N–H and O–H groups in total. The number of amides is 1. The zero-order valence-corrected chi connectivity index (χ0v) is 17.5. The molecular formula is C21H21FN6OS. The van der Waals surface area contributed by atoms with Gasteiger partial charge in [0.15, 0.2) is 5.82 Å². The number of anilines is 1. The molecular weight excluding hydrogens is 403 g/mol. The van der Waals surface area contributed by atoms with Crippen molar-refractivity contribution in [2.45, 2.75) is 25.4 Å². The molecule has 0 fully saturated rings. The second kappa shape index (κ2) is 9.41. The standard InChI is InChI=1S/C21H21FN6OS/c1-14-4-9-18(12-15(14)2)27(11-3-10-23)19(29)13-30-21-26-25-20(28(21)24)16-5-7-17(22)8-6-16/h4-9,12H,3,11,13,24H2,1-2H3. The molecule has 30 heavy (non-hydrogen) atoms. The summed E-state index contributed by atoms with van der Waals surface area (Å²) < 4.78 is 14.4. The Morgan fingerprint density at radius 3 is 2.60 bits per heavy atom. The molecule has 3 rings (SSSR count). The first kappa shape index (κ1) is 21.3. The molecule has 1 amide bonds. The van der Waals surface area contributed by atoms with Gasteiger partial charge in [-0.3, -0.25) is 4.79 Å². The number of aromatic nitrogens is 3. The van der Waals surface area contributed by atoms with Crippen molar-refractivity contribution in [1.82, 2.24) is 14.9 Å². The Morgan fingerprint density at radius 2 is 1.93 bits per heavy atom. The molecule has 0 aliphatic rings. The highest BCUT2D eigenvalue weighted by Gasteiger charge is 2.19. The van der Waals surface area contributed by atoms with Crippen LogP contribution >= 0.6 is 11.8 Å². The molecule has 0 aliphatic heterocycles. The molecule has 9 heteroatoms. The van der Waals surface area contributed by atoms with Crippen molar-refractivity contribution in [2.24, 2.45) is 0 Å². The van der Waals surface area contributed by atoms with Gasteiger partial charge in [-0.1, -0.05) is 17.8 Å². The average molecular weight is 425 g/mol. The van der Waals surface area contributed by atoms with Crippen molar-refractivity contribution in [3.8, 4) is 17.5 Å². The summed E-state index contributed by atoms with van der Waals surface area (Å²) in [6, 6.07) is 13.6. The Kier molecular flexibility index (Phi) is 6.69. The van der Waals surface area contributed by atoms with E-state index < -0.39 is 0 Å². The van der Waals surface area contributed by atoms with Crippen LogP contribution in [0.25, 0.3) is 11.4 Å². The van der Waals surface area contributed by atoms with Crippen LogP contribution in [0.2, 0.25) is 0 Å². The minimum Gasteiger partial charge on any atom is -0.335 e. The van der Waals surface area contributed by atoms with Gasteiger partial charge in [-0.05, 0) is 61.4 Å². The summed E-state index contributed by atoms with van der Waals surface area (Å²) in [4.78, 5) is 14.5. The number of halogens is 1. The highest BCUT2D eigenvalue weighted by atomic mass is 32.2. The van der Waals surface area contributed by atoms with Crippen LogP contribution < -0.4 is 10.7 Å². The Balaban J connectivity index is 1.74. The van der Waals surface area contributed by atoms with Crippen molar-refractivity contribution in [3.05, 3.63) is 59.4 Å². The topological polar surface area (TPSA) is 101 Å². The number of nitrogens with zero attached hydrogens (tertiary/aromatic N) is 5. The first-order valence-electron chi connectivity index (χ1n) is 9.24. The van der Waals surface area contributed by atoms with E-state index in [1.54, 1.807) is 17.0 Å². The predicted octanol–water partition coefficient (Wildman–Crippen LogP) is 3.45. The van der Waals surface area contributed by atoms with E-state index in [1.807, 2.05) is 32.0 Å². The van der Waals surface area contributed by atoms with Gasteiger partial charge in [0.05, 0.1) is 18.2 Å². The molecule has 0 spiro atoms. The van der Waals surface area contributed by atoms with Gasteiger partial charge >= 0.3 is 0 Å². The lowest BCUT2D eigenvalue weighted by molar-refractivity contribution is -0.116. The maximum atomic E-state index is 13.1. The number of thioether (sulfide) groups is 1. The van der Waals surface area contributed by atoms with Gasteiger partial charge < -0.3 is 10.7 Å². The second-order valence-corrected chi connectivity index (χ2v) is 7.64. The number of nitriles is 1. The van der Waals surface area contributed by atoms with Gasteiger partial charge in [0.1, 0.15) is 5.82 Å². The van der Waals surface area contributed by atoms with E-state index in [-0.39, 0.29) is 23.9 Å². The molecule has 0 bridgehead atoms. The third-order valence-corrected chi connectivity index (χ3v) is 5.57. The van der Waals surface area contributed by atoms with Crippen molar-refractivity contribution in [1.29, 1.82) is 5.26 Å². The van der Waals surface area contributed by atoms with E-state index in [0.29, 0.717) is 23.1 Å². The Morgan fingerprint density at radius 1 is 1.20 bits per heavy atom. The van der Waals surface area contributed by atoms with Crippen LogP contribution in [0.1, 0.15) is 17.5 Å². The summed E-state index contributed by atoms with van der Waals surface area (Å²) in [7, 11) is 0. The lowest BCUT2D eigenvalue weighted by Crippen LogP contribution is -2.33. The molecule has 0 aliphatic carbocycles. The molecule has 0 saturated carbocycles. The summed E-state index contributed by atoms with van der Waals surface area (Å²) in [5.41, 5.74) is 3.57. The predicted molar refractivity (Wildman–Crippen MR) is 115 cm³/mol. The molecule has 1 aromatic heterocycles. The number of hydrogen-bond acceptors (Lipinski definition) is 6. The fraction of sp³-hybridized carbons (Fsp3) is 0.238. The molecule has 0 unspecified atom stereocenters. The second-order valence-electron chi connectivity index (χ2n) is 6.69. The molecule has 2 aromatic carbocycles. The number of carbonyl (C=O) groups is 1. The third-order valence-electron chi connectivity index (χ3n) is 4.64. The first-order valence-corrected chi connectivity index (χ1v) is 10.2. The highest BCUT2D eigenvalue weighted by Crippen LogP contribution is 2.24. The van der Waals surface area contributed by atoms with Crippen LogP contribution in [-0.2, 0) is 4.79 Å². The fourth-order valence-corrected chi connectivity index (χ4v) is 3.56. The Bertz CT molecular complexity index is 1090. The SMILES string of the molecule is Cc1ccc(N(CCC#N)C(=O)CSc2nnc(-c3ccc(F)cc3)n2N)cc1C. The smallest absolute Gasteiger partial charge is 0.237 e. The summed E-state index contributed by atoms with van der Waals surface area (Å²) in [6.07, 6.45) is 0.227. The summed E-state index contributed by atoms with van der Waals surface area (Å²) >= 11 is 1.15. The van der Waals surface area contributed by atoms with E-state index in [9.17, 15) is 9.18 Å². The number of benzene rings is 2. The average Bonchev–Trinajstić information content (AvgIpc) is 3.10. The fourth-order valence-electron chi connectivity index (χ4n) is 2.83. The van der Waals surface area contributed by atoms with Crippen LogP contribution in [-0.4, -0.2) is 33.1 Å². The lowest BCUT2D eigenvalue weighted by Gasteiger charge is -2.22. The monoisotopic (exact) mass is 424 g/mol. The first-order chi connectivity index (χ1) is 14.4. The van der Waals surface area contributed by atoms with Gasteiger partial charge in [0.2, 0.25) is 11.1 Å².